The van der Waals surface area contributed by atoms with E-state index in [1.165, 1.54) is 6.20 Å². The molecule has 156 valence electrons. The summed E-state index contributed by atoms with van der Waals surface area (Å²) < 4.78 is 7.52. The van der Waals surface area contributed by atoms with Crippen molar-refractivity contribution in [3.63, 3.8) is 0 Å². The molecule has 0 saturated heterocycles. The van der Waals surface area contributed by atoms with E-state index in [9.17, 15) is 14.9 Å². The molecule has 0 bridgehead atoms. The van der Waals surface area contributed by atoms with Gasteiger partial charge in [0, 0.05) is 18.4 Å². The molecule has 3 aromatic rings. The van der Waals surface area contributed by atoms with Gasteiger partial charge in [0.2, 0.25) is 5.88 Å². The Bertz CT molecular complexity index is 1230. The standard InChI is InChI=1S/C22H20N6O3/c23-11-13-3-2-6-28-17(12-26-19(13)28)20(30)27-14-7-22(8-14)9-15(10-22)31-21-16(18(24)29)4-1-5-25-21/h1-6,12,14-15H,7-10H2,(H2,24,29)(H,27,30). The summed E-state index contributed by atoms with van der Waals surface area (Å²) in [6.07, 6.45) is 8.26. The highest BCUT2D eigenvalue weighted by Gasteiger charge is 2.54. The van der Waals surface area contributed by atoms with Crippen LogP contribution in [0.5, 0.6) is 5.88 Å². The lowest BCUT2D eigenvalue weighted by atomic mass is 9.53. The van der Waals surface area contributed by atoms with E-state index in [4.69, 9.17) is 10.5 Å². The monoisotopic (exact) mass is 416 g/mol. The zero-order valence-electron chi connectivity index (χ0n) is 16.6. The van der Waals surface area contributed by atoms with Crippen LogP contribution in [0.1, 0.15) is 52.1 Å². The number of ether oxygens (including phenoxy) is 1. The highest BCUT2D eigenvalue weighted by Crippen LogP contribution is 2.56. The highest BCUT2D eigenvalue weighted by molar-refractivity contribution is 5.95. The molecular weight excluding hydrogens is 396 g/mol. The number of hydrogen-bond donors (Lipinski definition) is 2. The summed E-state index contributed by atoms with van der Waals surface area (Å²) in [5.41, 5.74) is 7.14. The molecule has 1 spiro atoms. The number of nitrogens with zero attached hydrogens (tertiary/aromatic N) is 4. The summed E-state index contributed by atoms with van der Waals surface area (Å²) in [4.78, 5) is 32.6. The van der Waals surface area contributed by atoms with Gasteiger partial charge in [0.1, 0.15) is 23.4 Å². The van der Waals surface area contributed by atoms with Crippen molar-refractivity contribution in [2.45, 2.75) is 37.8 Å². The lowest BCUT2D eigenvalue weighted by Gasteiger charge is -2.57. The maximum Gasteiger partial charge on any atom is 0.270 e. The molecule has 2 aliphatic rings. The molecule has 0 atom stereocenters. The Balaban J connectivity index is 1.16. The molecule has 0 aromatic carbocycles. The minimum atomic E-state index is -0.558. The van der Waals surface area contributed by atoms with Gasteiger partial charge in [-0.1, -0.05) is 0 Å². The van der Waals surface area contributed by atoms with Gasteiger partial charge >= 0.3 is 0 Å². The second-order valence-electron chi connectivity index (χ2n) is 8.32. The first-order valence-corrected chi connectivity index (χ1v) is 10.1. The van der Waals surface area contributed by atoms with E-state index in [1.54, 1.807) is 41.1 Å². The molecule has 9 nitrogen and oxygen atoms in total. The molecule has 2 aliphatic carbocycles. The average molecular weight is 416 g/mol. The summed E-state index contributed by atoms with van der Waals surface area (Å²) >= 11 is 0. The number of nitrogens with two attached hydrogens (primary N) is 1. The minimum Gasteiger partial charge on any atom is -0.474 e. The molecule has 2 fully saturated rings. The quantitative estimate of drug-likeness (QED) is 0.651. The van der Waals surface area contributed by atoms with Gasteiger partial charge in [0.05, 0.1) is 11.8 Å². The Hall–Kier alpha value is -3.93. The number of nitrogens with one attached hydrogen (secondary N) is 1. The second-order valence-corrected chi connectivity index (χ2v) is 8.32. The normalized spacial score (nSPS) is 24.1. The number of primary amides is 1. The maximum atomic E-state index is 12.7. The Morgan fingerprint density at radius 2 is 2.03 bits per heavy atom. The zero-order valence-corrected chi connectivity index (χ0v) is 16.6. The number of nitriles is 1. The summed E-state index contributed by atoms with van der Waals surface area (Å²) in [6.45, 7) is 0. The zero-order chi connectivity index (χ0) is 21.6. The van der Waals surface area contributed by atoms with Gasteiger partial charge in [-0.25, -0.2) is 9.97 Å². The first kappa shape index (κ1) is 19.1. The van der Waals surface area contributed by atoms with Crippen LogP contribution in [0.25, 0.3) is 5.65 Å². The minimum absolute atomic E-state index is 0.00664. The highest BCUT2D eigenvalue weighted by atomic mass is 16.5. The van der Waals surface area contributed by atoms with E-state index in [2.05, 4.69) is 21.4 Å². The van der Waals surface area contributed by atoms with Gasteiger partial charge in [-0.15, -0.1) is 0 Å². The van der Waals surface area contributed by atoms with Crippen LogP contribution in [0.3, 0.4) is 0 Å². The van der Waals surface area contributed by atoms with Crippen LogP contribution in [0.4, 0.5) is 0 Å². The number of pyridine rings is 2. The van der Waals surface area contributed by atoms with E-state index in [0.29, 0.717) is 16.9 Å². The van der Waals surface area contributed by atoms with Crippen LogP contribution in [0, 0.1) is 16.7 Å². The maximum absolute atomic E-state index is 12.7. The van der Waals surface area contributed by atoms with Crippen molar-refractivity contribution in [3.8, 4) is 11.9 Å². The number of rotatable bonds is 5. The fourth-order valence-corrected chi connectivity index (χ4v) is 4.77. The summed E-state index contributed by atoms with van der Waals surface area (Å²) in [7, 11) is 0. The van der Waals surface area contributed by atoms with Gasteiger partial charge in [0.25, 0.3) is 11.8 Å². The average Bonchev–Trinajstić information content (AvgIpc) is 3.15. The fraction of sp³-hybridized carbons (Fsp3) is 0.318. The molecule has 0 unspecified atom stereocenters. The molecule has 31 heavy (non-hydrogen) atoms. The smallest absolute Gasteiger partial charge is 0.270 e. The lowest BCUT2D eigenvalue weighted by molar-refractivity contribution is -0.0848. The Morgan fingerprint density at radius 1 is 1.23 bits per heavy atom. The van der Waals surface area contributed by atoms with E-state index >= 15 is 0 Å². The first-order chi connectivity index (χ1) is 15.0. The van der Waals surface area contributed by atoms with Crippen molar-refractivity contribution in [1.82, 2.24) is 19.7 Å². The molecule has 3 aromatic heterocycles. The SMILES string of the molecule is N#Cc1cccn2c(C(=O)NC3CC4(C3)CC(Oc3ncccc3C(N)=O)C4)cnc12. The van der Waals surface area contributed by atoms with Gasteiger partial charge in [0.15, 0.2) is 5.65 Å². The molecule has 5 rings (SSSR count). The van der Waals surface area contributed by atoms with Crippen molar-refractivity contribution in [1.29, 1.82) is 5.26 Å². The third kappa shape index (κ3) is 3.26. The Morgan fingerprint density at radius 3 is 2.77 bits per heavy atom. The van der Waals surface area contributed by atoms with E-state index in [0.717, 1.165) is 25.7 Å². The van der Waals surface area contributed by atoms with Crippen molar-refractivity contribution < 1.29 is 14.3 Å². The molecule has 3 heterocycles. The molecule has 0 radical (unpaired) electrons. The third-order valence-corrected chi connectivity index (χ3v) is 6.22. The van der Waals surface area contributed by atoms with Gasteiger partial charge in [-0.2, -0.15) is 5.26 Å². The van der Waals surface area contributed by atoms with Gasteiger partial charge < -0.3 is 15.8 Å². The molecule has 0 aliphatic heterocycles. The predicted molar refractivity (Wildman–Crippen MR) is 109 cm³/mol. The number of carbonyl (C=O) groups is 2. The Labute approximate surface area is 177 Å². The number of carbonyl (C=O) groups excluding carboxylic acids is 2. The number of hydrogen-bond acceptors (Lipinski definition) is 6. The molecule has 9 heteroatoms. The summed E-state index contributed by atoms with van der Waals surface area (Å²) in [5, 5.41) is 12.2. The van der Waals surface area contributed by atoms with E-state index in [-0.39, 0.29) is 34.9 Å². The van der Waals surface area contributed by atoms with Crippen molar-refractivity contribution in [3.05, 3.63) is 59.7 Å². The number of amides is 2. The van der Waals surface area contributed by atoms with Crippen molar-refractivity contribution in [2.24, 2.45) is 11.1 Å². The first-order valence-electron chi connectivity index (χ1n) is 10.1. The van der Waals surface area contributed by atoms with Gasteiger partial charge in [-0.3, -0.25) is 14.0 Å². The van der Waals surface area contributed by atoms with Crippen LogP contribution in [0.2, 0.25) is 0 Å². The van der Waals surface area contributed by atoms with Crippen molar-refractivity contribution in [2.75, 3.05) is 0 Å². The summed E-state index contributed by atoms with van der Waals surface area (Å²) in [5.74, 6) is -0.477. The van der Waals surface area contributed by atoms with Crippen LogP contribution >= 0.6 is 0 Å². The largest absolute Gasteiger partial charge is 0.474 e. The molecular formula is C22H20N6O3. The van der Waals surface area contributed by atoms with Crippen LogP contribution in [-0.4, -0.2) is 38.3 Å². The molecule has 3 N–H and O–H groups in total. The van der Waals surface area contributed by atoms with Crippen LogP contribution in [0.15, 0.2) is 42.9 Å². The van der Waals surface area contributed by atoms with E-state index in [1.807, 2.05) is 0 Å². The predicted octanol–water partition coefficient (Wildman–Crippen LogP) is 1.82. The van der Waals surface area contributed by atoms with Crippen molar-refractivity contribution >= 4 is 17.5 Å². The topological polar surface area (TPSA) is 135 Å². The third-order valence-electron chi connectivity index (χ3n) is 6.22. The van der Waals surface area contributed by atoms with Crippen LogP contribution in [-0.2, 0) is 0 Å². The number of aromatic nitrogens is 3. The molecule has 2 saturated carbocycles. The molecule has 2 amide bonds. The number of imidazole rings is 1. The lowest BCUT2D eigenvalue weighted by Crippen LogP contribution is -2.58. The second kappa shape index (κ2) is 7.09. The van der Waals surface area contributed by atoms with Crippen LogP contribution < -0.4 is 15.8 Å². The Kier molecular flexibility index (Phi) is 4.36. The fourth-order valence-electron chi connectivity index (χ4n) is 4.77. The number of fused-ring (bicyclic) bond motifs is 1. The van der Waals surface area contributed by atoms with E-state index < -0.39 is 5.91 Å². The van der Waals surface area contributed by atoms with Gasteiger partial charge in [-0.05, 0) is 55.4 Å². The summed E-state index contributed by atoms with van der Waals surface area (Å²) in [6, 6.07) is 8.83.